The maximum absolute atomic E-state index is 11.9. The molecule has 2 aromatic rings. The van der Waals surface area contributed by atoms with Crippen LogP contribution in [0.25, 0.3) is 0 Å². The number of aryl methyl sites for hydroxylation is 1. The molecule has 8 heteroatoms. The Kier molecular flexibility index (Phi) is 4.92. The molecule has 118 valence electrons. The fourth-order valence-corrected chi connectivity index (χ4v) is 1.98. The Balaban J connectivity index is 2.11. The van der Waals surface area contributed by atoms with Crippen molar-refractivity contribution in [3.63, 3.8) is 0 Å². The van der Waals surface area contributed by atoms with Gasteiger partial charge in [0, 0.05) is 17.8 Å². The van der Waals surface area contributed by atoms with Gasteiger partial charge in [0.2, 0.25) is 0 Å². The molecule has 0 saturated heterocycles. The second kappa shape index (κ2) is 6.89. The zero-order valence-electron chi connectivity index (χ0n) is 12.0. The van der Waals surface area contributed by atoms with Crippen LogP contribution in [0.4, 0.5) is 17.1 Å². The lowest BCUT2D eigenvalue weighted by atomic mass is 10.2. The van der Waals surface area contributed by atoms with Crippen molar-refractivity contribution in [1.82, 2.24) is 0 Å². The van der Waals surface area contributed by atoms with Gasteiger partial charge in [-0.3, -0.25) is 19.7 Å². The van der Waals surface area contributed by atoms with E-state index in [0.717, 1.165) is 11.6 Å². The number of carbonyl (C=O) groups excluding carboxylic acids is 2. The number of hydrogen-bond donors (Lipinski definition) is 2. The lowest BCUT2D eigenvalue weighted by molar-refractivity contribution is -0.384. The van der Waals surface area contributed by atoms with Gasteiger partial charge in [0.15, 0.2) is 0 Å². The lowest BCUT2D eigenvalue weighted by Gasteiger charge is -2.08. The highest BCUT2D eigenvalue weighted by molar-refractivity contribution is 6.44. The lowest BCUT2D eigenvalue weighted by Crippen LogP contribution is -2.29. The molecule has 2 rings (SSSR count). The van der Waals surface area contributed by atoms with Crippen LogP contribution in [0.1, 0.15) is 5.56 Å². The third-order valence-corrected chi connectivity index (χ3v) is 3.22. The monoisotopic (exact) mass is 333 g/mol. The summed E-state index contributed by atoms with van der Waals surface area (Å²) in [6, 6.07) is 10.5. The SMILES string of the molecule is Cc1cccc(NC(=O)C(=O)Nc2cc([N+](=O)[O-])ccc2Cl)c1. The van der Waals surface area contributed by atoms with Gasteiger partial charge in [-0.1, -0.05) is 23.7 Å². The molecule has 0 bridgehead atoms. The minimum absolute atomic E-state index is 0.00902. The molecule has 7 nitrogen and oxygen atoms in total. The summed E-state index contributed by atoms with van der Waals surface area (Å²) in [5.74, 6) is -1.88. The number of non-ortho nitro benzene ring substituents is 1. The predicted molar refractivity (Wildman–Crippen MR) is 86.5 cm³/mol. The first-order valence-corrected chi connectivity index (χ1v) is 6.87. The Morgan fingerprint density at radius 3 is 2.43 bits per heavy atom. The standard InChI is InChI=1S/C15H12ClN3O4/c1-9-3-2-4-10(7-9)17-14(20)15(21)18-13-8-11(19(22)23)5-6-12(13)16/h2-8H,1H3,(H,17,20)(H,18,21). The molecule has 0 unspecified atom stereocenters. The first kappa shape index (κ1) is 16.4. The van der Waals surface area contributed by atoms with Crippen molar-refractivity contribution in [3.8, 4) is 0 Å². The predicted octanol–water partition coefficient (Wildman–Crippen LogP) is 3.13. The van der Waals surface area contributed by atoms with Crippen molar-refractivity contribution >= 4 is 40.5 Å². The molecule has 0 fully saturated rings. The van der Waals surface area contributed by atoms with Crippen molar-refractivity contribution in [3.05, 3.63) is 63.2 Å². The zero-order chi connectivity index (χ0) is 17.0. The number of benzene rings is 2. The van der Waals surface area contributed by atoms with Gasteiger partial charge in [-0.05, 0) is 30.7 Å². The highest BCUT2D eigenvalue weighted by Gasteiger charge is 2.17. The van der Waals surface area contributed by atoms with E-state index in [1.807, 2.05) is 13.0 Å². The van der Waals surface area contributed by atoms with Crippen molar-refractivity contribution in [2.45, 2.75) is 6.92 Å². The number of hydrogen-bond acceptors (Lipinski definition) is 4. The summed E-state index contributed by atoms with van der Waals surface area (Å²) < 4.78 is 0. The van der Waals surface area contributed by atoms with Gasteiger partial charge in [0.1, 0.15) is 0 Å². The first-order chi connectivity index (χ1) is 10.9. The third kappa shape index (κ3) is 4.27. The van der Waals surface area contributed by atoms with E-state index in [0.29, 0.717) is 5.69 Å². The quantitative estimate of drug-likeness (QED) is 0.511. The Morgan fingerprint density at radius 2 is 1.78 bits per heavy atom. The van der Waals surface area contributed by atoms with E-state index in [4.69, 9.17) is 11.6 Å². The van der Waals surface area contributed by atoms with Crippen molar-refractivity contribution in [1.29, 1.82) is 0 Å². The second-order valence-electron chi connectivity index (χ2n) is 4.70. The number of amides is 2. The molecule has 0 atom stereocenters. The summed E-state index contributed by atoms with van der Waals surface area (Å²) in [6.45, 7) is 1.85. The summed E-state index contributed by atoms with van der Waals surface area (Å²) in [5, 5.41) is 15.5. The molecule has 0 aliphatic rings. The maximum Gasteiger partial charge on any atom is 0.314 e. The van der Waals surface area contributed by atoms with Gasteiger partial charge in [-0.2, -0.15) is 0 Å². The third-order valence-electron chi connectivity index (χ3n) is 2.89. The van der Waals surface area contributed by atoms with Crippen LogP contribution in [0.5, 0.6) is 0 Å². The molecular formula is C15H12ClN3O4. The number of nitrogens with zero attached hydrogens (tertiary/aromatic N) is 1. The average Bonchev–Trinajstić information content (AvgIpc) is 2.49. The zero-order valence-corrected chi connectivity index (χ0v) is 12.8. The van der Waals surface area contributed by atoms with E-state index >= 15 is 0 Å². The Morgan fingerprint density at radius 1 is 1.09 bits per heavy atom. The number of nitro groups is 1. The fourth-order valence-electron chi connectivity index (χ4n) is 1.81. The highest BCUT2D eigenvalue weighted by atomic mass is 35.5. The molecule has 0 heterocycles. The molecule has 0 aliphatic carbocycles. The molecule has 23 heavy (non-hydrogen) atoms. The number of halogens is 1. The van der Waals surface area contributed by atoms with Crippen molar-refractivity contribution in [2.75, 3.05) is 10.6 Å². The molecule has 2 N–H and O–H groups in total. The molecule has 0 saturated carbocycles. The molecule has 0 aromatic heterocycles. The highest BCUT2D eigenvalue weighted by Crippen LogP contribution is 2.26. The normalized spacial score (nSPS) is 10.0. The number of nitro benzene ring substituents is 1. The van der Waals surface area contributed by atoms with Crippen LogP contribution in [0.3, 0.4) is 0 Å². The molecule has 0 radical (unpaired) electrons. The number of carbonyl (C=O) groups is 2. The summed E-state index contributed by atoms with van der Waals surface area (Å²) in [6.07, 6.45) is 0. The molecule has 2 amide bonds. The van der Waals surface area contributed by atoms with Gasteiger partial charge in [0.25, 0.3) is 5.69 Å². The van der Waals surface area contributed by atoms with Crippen LogP contribution in [-0.2, 0) is 9.59 Å². The number of nitrogens with one attached hydrogen (secondary N) is 2. The topological polar surface area (TPSA) is 101 Å². The van der Waals surface area contributed by atoms with Crippen LogP contribution >= 0.6 is 11.6 Å². The van der Waals surface area contributed by atoms with Crippen molar-refractivity contribution in [2.24, 2.45) is 0 Å². The first-order valence-electron chi connectivity index (χ1n) is 6.50. The van der Waals surface area contributed by atoms with Crippen LogP contribution in [0.15, 0.2) is 42.5 Å². The minimum Gasteiger partial charge on any atom is -0.318 e. The van der Waals surface area contributed by atoms with Gasteiger partial charge in [-0.15, -0.1) is 0 Å². The summed E-state index contributed by atoms with van der Waals surface area (Å²) in [5.41, 5.74) is 1.13. The molecule has 2 aromatic carbocycles. The van der Waals surface area contributed by atoms with Gasteiger partial charge >= 0.3 is 11.8 Å². The van der Waals surface area contributed by atoms with Gasteiger partial charge in [0.05, 0.1) is 15.6 Å². The smallest absolute Gasteiger partial charge is 0.314 e. The summed E-state index contributed by atoms with van der Waals surface area (Å²) >= 11 is 5.86. The molecular weight excluding hydrogens is 322 g/mol. The van der Waals surface area contributed by atoms with E-state index in [-0.39, 0.29) is 16.4 Å². The van der Waals surface area contributed by atoms with Crippen LogP contribution in [0.2, 0.25) is 5.02 Å². The number of rotatable bonds is 3. The van der Waals surface area contributed by atoms with E-state index in [2.05, 4.69) is 10.6 Å². The molecule has 0 aliphatic heterocycles. The van der Waals surface area contributed by atoms with Crippen LogP contribution in [0, 0.1) is 17.0 Å². The summed E-state index contributed by atoms with van der Waals surface area (Å²) in [4.78, 5) is 33.8. The van der Waals surface area contributed by atoms with E-state index in [9.17, 15) is 19.7 Å². The summed E-state index contributed by atoms with van der Waals surface area (Å²) in [7, 11) is 0. The Labute approximate surface area is 136 Å². The van der Waals surface area contributed by atoms with E-state index in [1.165, 1.54) is 12.1 Å². The van der Waals surface area contributed by atoms with E-state index in [1.54, 1.807) is 18.2 Å². The van der Waals surface area contributed by atoms with Gasteiger partial charge < -0.3 is 10.6 Å². The number of anilines is 2. The Hall–Kier alpha value is -2.93. The molecule has 0 spiro atoms. The average molecular weight is 334 g/mol. The van der Waals surface area contributed by atoms with Crippen molar-refractivity contribution < 1.29 is 14.5 Å². The minimum atomic E-state index is -0.978. The fraction of sp³-hybridized carbons (Fsp3) is 0.0667. The van der Waals surface area contributed by atoms with Gasteiger partial charge in [-0.25, -0.2) is 0 Å². The van der Waals surface area contributed by atoms with Crippen LogP contribution in [-0.4, -0.2) is 16.7 Å². The van der Waals surface area contributed by atoms with Crippen LogP contribution < -0.4 is 10.6 Å². The maximum atomic E-state index is 11.9. The van der Waals surface area contributed by atoms with E-state index < -0.39 is 16.7 Å². The largest absolute Gasteiger partial charge is 0.318 e. The Bertz CT molecular complexity index is 792. The second-order valence-corrected chi connectivity index (χ2v) is 5.11.